The summed E-state index contributed by atoms with van der Waals surface area (Å²) in [5, 5.41) is 3.36. The lowest BCUT2D eigenvalue weighted by molar-refractivity contribution is 0.0971. The third-order valence-electron chi connectivity index (χ3n) is 3.94. The molecule has 0 aliphatic carbocycles. The van der Waals surface area contributed by atoms with E-state index in [4.69, 9.17) is 0 Å². The number of rotatable bonds is 5. The number of anilines is 1. The highest BCUT2D eigenvalue weighted by molar-refractivity contribution is 5.96. The minimum Gasteiger partial charge on any atom is -0.378 e. The van der Waals surface area contributed by atoms with Crippen molar-refractivity contribution in [1.29, 1.82) is 0 Å². The average Bonchev–Trinajstić information content (AvgIpc) is 2.46. The van der Waals surface area contributed by atoms with Gasteiger partial charge in [0.25, 0.3) is 0 Å². The summed E-state index contributed by atoms with van der Waals surface area (Å²) < 4.78 is 0. The second-order valence-electron chi connectivity index (χ2n) is 5.60. The van der Waals surface area contributed by atoms with Gasteiger partial charge in [-0.1, -0.05) is 0 Å². The Morgan fingerprint density at radius 1 is 1.21 bits per heavy atom. The van der Waals surface area contributed by atoms with Gasteiger partial charge in [-0.2, -0.15) is 0 Å². The Hall–Kier alpha value is -1.35. The van der Waals surface area contributed by atoms with Crippen LogP contribution in [0.4, 0.5) is 5.69 Å². The van der Waals surface area contributed by atoms with Crippen LogP contribution in [-0.4, -0.2) is 33.0 Å². The van der Waals surface area contributed by atoms with Crippen molar-refractivity contribution in [2.24, 2.45) is 5.92 Å². The minimum atomic E-state index is 0.281. The van der Waals surface area contributed by atoms with E-state index < -0.39 is 0 Å². The van der Waals surface area contributed by atoms with Crippen LogP contribution in [0.2, 0.25) is 0 Å². The molecule has 0 atom stereocenters. The first kappa shape index (κ1) is 14.1. The van der Waals surface area contributed by atoms with Gasteiger partial charge >= 0.3 is 0 Å². The molecule has 1 N–H and O–H groups in total. The third-order valence-corrected chi connectivity index (χ3v) is 3.94. The average molecular weight is 260 g/mol. The van der Waals surface area contributed by atoms with Crippen LogP contribution in [0.15, 0.2) is 24.3 Å². The van der Waals surface area contributed by atoms with Crippen LogP contribution in [0, 0.1) is 5.92 Å². The summed E-state index contributed by atoms with van der Waals surface area (Å²) in [5.74, 6) is 1.01. The van der Waals surface area contributed by atoms with Gasteiger partial charge in [0.05, 0.1) is 0 Å². The van der Waals surface area contributed by atoms with E-state index in [0.717, 1.165) is 36.7 Å². The maximum atomic E-state index is 12.1. The summed E-state index contributed by atoms with van der Waals surface area (Å²) in [4.78, 5) is 14.2. The van der Waals surface area contributed by atoms with E-state index in [0.29, 0.717) is 6.42 Å². The molecular weight excluding hydrogens is 236 g/mol. The largest absolute Gasteiger partial charge is 0.378 e. The fourth-order valence-electron chi connectivity index (χ4n) is 2.60. The molecule has 0 aromatic heterocycles. The van der Waals surface area contributed by atoms with E-state index >= 15 is 0 Å². The predicted octanol–water partition coefficient (Wildman–Crippen LogP) is 2.72. The number of carbonyl (C=O) groups is 1. The zero-order valence-electron chi connectivity index (χ0n) is 12.0. The molecule has 1 aliphatic rings. The summed E-state index contributed by atoms with van der Waals surface area (Å²) in [6.07, 6.45) is 4.15. The van der Waals surface area contributed by atoms with Crippen molar-refractivity contribution in [3.63, 3.8) is 0 Å². The fraction of sp³-hybridized carbons (Fsp3) is 0.562. The maximum absolute atomic E-state index is 12.1. The molecule has 1 aromatic rings. The monoisotopic (exact) mass is 260 g/mol. The predicted molar refractivity (Wildman–Crippen MR) is 79.9 cm³/mol. The van der Waals surface area contributed by atoms with Gasteiger partial charge in [-0.3, -0.25) is 4.79 Å². The molecule has 1 heterocycles. The number of hydrogen-bond donors (Lipinski definition) is 1. The highest BCUT2D eigenvalue weighted by Crippen LogP contribution is 2.20. The Morgan fingerprint density at radius 3 is 2.42 bits per heavy atom. The van der Waals surface area contributed by atoms with Crippen molar-refractivity contribution in [1.82, 2.24) is 5.32 Å². The highest BCUT2D eigenvalue weighted by Gasteiger charge is 2.15. The first-order valence-electron chi connectivity index (χ1n) is 7.18. The van der Waals surface area contributed by atoms with Crippen LogP contribution < -0.4 is 10.2 Å². The second-order valence-corrected chi connectivity index (χ2v) is 5.60. The summed E-state index contributed by atoms with van der Waals surface area (Å²) in [6, 6.07) is 7.91. The Kier molecular flexibility index (Phi) is 4.97. The molecule has 0 radical (unpaired) electrons. The van der Waals surface area contributed by atoms with Crippen LogP contribution in [0.25, 0.3) is 0 Å². The number of ketones is 1. The number of Topliss-reactive ketones (excluding diaryl/α,β-unsaturated/α-hetero) is 1. The number of hydrogen-bond acceptors (Lipinski definition) is 3. The molecule has 1 fully saturated rings. The first-order valence-corrected chi connectivity index (χ1v) is 7.18. The molecule has 3 nitrogen and oxygen atoms in total. The number of nitrogens with one attached hydrogen (secondary N) is 1. The van der Waals surface area contributed by atoms with Gasteiger partial charge < -0.3 is 10.2 Å². The lowest BCUT2D eigenvalue weighted by atomic mass is 9.91. The van der Waals surface area contributed by atoms with Crippen LogP contribution in [0.3, 0.4) is 0 Å². The summed E-state index contributed by atoms with van der Waals surface area (Å²) in [6.45, 7) is 2.22. The molecule has 0 amide bonds. The number of piperidine rings is 1. The zero-order chi connectivity index (χ0) is 13.7. The molecule has 2 rings (SSSR count). The number of carbonyl (C=O) groups excluding carboxylic acids is 1. The van der Waals surface area contributed by atoms with E-state index in [1.54, 1.807) is 0 Å². The highest BCUT2D eigenvalue weighted by atomic mass is 16.1. The van der Waals surface area contributed by atoms with E-state index in [9.17, 15) is 4.79 Å². The second kappa shape index (κ2) is 6.71. The molecule has 104 valence electrons. The zero-order valence-corrected chi connectivity index (χ0v) is 12.0. The van der Waals surface area contributed by atoms with Crippen molar-refractivity contribution in [2.75, 3.05) is 32.1 Å². The maximum Gasteiger partial charge on any atom is 0.162 e. The van der Waals surface area contributed by atoms with Crippen LogP contribution in [0.1, 0.15) is 36.0 Å². The Labute approximate surface area is 116 Å². The van der Waals surface area contributed by atoms with Gasteiger partial charge in [0.2, 0.25) is 0 Å². The summed E-state index contributed by atoms with van der Waals surface area (Å²) in [7, 11) is 4.02. The van der Waals surface area contributed by atoms with Gasteiger partial charge in [0, 0.05) is 31.8 Å². The molecule has 3 heteroatoms. The smallest absolute Gasteiger partial charge is 0.162 e. The fourth-order valence-corrected chi connectivity index (χ4v) is 2.60. The lowest BCUT2D eigenvalue weighted by Gasteiger charge is -2.22. The number of benzene rings is 1. The van der Waals surface area contributed by atoms with Crippen molar-refractivity contribution in [3.05, 3.63) is 29.8 Å². The van der Waals surface area contributed by atoms with Gasteiger partial charge in [-0.05, 0) is 62.5 Å². The molecule has 0 saturated carbocycles. The van der Waals surface area contributed by atoms with Gasteiger partial charge in [0.1, 0.15) is 0 Å². The molecular formula is C16H24N2O. The van der Waals surface area contributed by atoms with Crippen LogP contribution in [0.5, 0.6) is 0 Å². The molecule has 0 unspecified atom stereocenters. The van der Waals surface area contributed by atoms with E-state index in [-0.39, 0.29) is 5.78 Å². The third kappa shape index (κ3) is 4.06. The first-order chi connectivity index (χ1) is 9.16. The topological polar surface area (TPSA) is 32.3 Å². The quantitative estimate of drug-likeness (QED) is 0.826. The van der Waals surface area contributed by atoms with Gasteiger partial charge in [0.15, 0.2) is 5.78 Å². The molecule has 19 heavy (non-hydrogen) atoms. The Bertz CT molecular complexity index is 405. The summed E-state index contributed by atoms with van der Waals surface area (Å²) >= 11 is 0. The lowest BCUT2D eigenvalue weighted by Crippen LogP contribution is -2.27. The van der Waals surface area contributed by atoms with Gasteiger partial charge in [-0.25, -0.2) is 0 Å². The normalized spacial score (nSPS) is 16.3. The SMILES string of the molecule is CN(C)c1ccc(C(=O)CCC2CCNCC2)cc1. The van der Waals surface area contributed by atoms with Crippen molar-refractivity contribution in [3.8, 4) is 0 Å². The molecule has 1 aromatic carbocycles. The van der Waals surface area contributed by atoms with Crippen LogP contribution in [-0.2, 0) is 0 Å². The molecule has 1 saturated heterocycles. The van der Waals surface area contributed by atoms with E-state index in [2.05, 4.69) is 5.32 Å². The Balaban J connectivity index is 1.85. The van der Waals surface area contributed by atoms with Crippen molar-refractivity contribution in [2.45, 2.75) is 25.7 Å². The van der Waals surface area contributed by atoms with Crippen LogP contribution >= 0.6 is 0 Å². The summed E-state index contributed by atoms with van der Waals surface area (Å²) in [5.41, 5.74) is 1.98. The van der Waals surface area contributed by atoms with E-state index in [1.807, 2.05) is 43.3 Å². The minimum absolute atomic E-state index is 0.281. The van der Waals surface area contributed by atoms with E-state index in [1.165, 1.54) is 12.8 Å². The number of nitrogens with zero attached hydrogens (tertiary/aromatic N) is 1. The van der Waals surface area contributed by atoms with Gasteiger partial charge in [-0.15, -0.1) is 0 Å². The van der Waals surface area contributed by atoms with Crippen molar-refractivity contribution >= 4 is 11.5 Å². The molecule has 0 spiro atoms. The van der Waals surface area contributed by atoms with Crippen molar-refractivity contribution < 1.29 is 4.79 Å². The molecule has 0 bridgehead atoms. The molecule has 1 aliphatic heterocycles. The Morgan fingerprint density at radius 2 is 1.84 bits per heavy atom. The standard InChI is InChI=1S/C16H24N2O/c1-18(2)15-6-4-14(5-7-15)16(19)8-3-13-9-11-17-12-10-13/h4-7,13,17H,3,8-12H2,1-2H3.